The quantitative estimate of drug-likeness (QED) is 0.839. The molecule has 0 N–H and O–H groups in total. The lowest BCUT2D eigenvalue weighted by molar-refractivity contribution is -0.137. The van der Waals surface area contributed by atoms with E-state index in [1.165, 1.54) is 12.1 Å². The summed E-state index contributed by atoms with van der Waals surface area (Å²) in [6.45, 7) is 5.73. The molecule has 1 aromatic rings. The van der Waals surface area contributed by atoms with Crippen LogP contribution in [-0.2, 0) is 20.7 Å². The highest BCUT2D eigenvalue weighted by molar-refractivity contribution is 5.79. The summed E-state index contributed by atoms with van der Waals surface area (Å²) >= 11 is 0. The van der Waals surface area contributed by atoms with Gasteiger partial charge >= 0.3 is 0 Å². The van der Waals surface area contributed by atoms with Gasteiger partial charge in [0.1, 0.15) is 5.82 Å². The molecule has 1 spiro atoms. The molecule has 1 atom stereocenters. The number of benzene rings is 1. The number of methoxy groups -OCH3 is 1. The van der Waals surface area contributed by atoms with Crippen LogP contribution in [0.2, 0.25) is 0 Å². The number of nitrogens with zero attached hydrogens (tertiary/aromatic N) is 1. The lowest BCUT2D eigenvalue weighted by Gasteiger charge is -2.49. The second kappa shape index (κ2) is 7.83. The molecule has 0 aromatic heterocycles. The van der Waals surface area contributed by atoms with E-state index < -0.39 is 0 Å². The summed E-state index contributed by atoms with van der Waals surface area (Å²) < 4.78 is 24.3. The second-order valence-corrected chi connectivity index (χ2v) is 7.47. The molecule has 3 rings (SSSR count). The van der Waals surface area contributed by atoms with Gasteiger partial charge in [-0.1, -0.05) is 6.07 Å². The smallest absolute Gasteiger partial charge is 0.226 e. The van der Waals surface area contributed by atoms with Crippen molar-refractivity contribution in [1.29, 1.82) is 0 Å². The molecular weight excluding hydrogens is 321 g/mol. The van der Waals surface area contributed by atoms with Crippen LogP contribution in [-0.4, -0.2) is 50.8 Å². The van der Waals surface area contributed by atoms with Gasteiger partial charge in [0.05, 0.1) is 19.6 Å². The number of amides is 1. The summed E-state index contributed by atoms with van der Waals surface area (Å²) in [5, 5.41) is 0. The number of piperidine rings is 1. The molecule has 0 saturated carbocycles. The highest BCUT2D eigenvalue weighted by Crippen LogP contribution is 2.44. The highest BCUT2D eigenvalue weighted by atomic mass is 19.1. The number of carbonyl (C=O) groups excluding carboxylic acids is 1. The van der Waals surface area contributed by atoms with E-state index in [1.807, 2.05) is 11.8 Å². The largest absolute Gasteiger partial charge is 0.384 e. The van der Waals surface area contributed by atoms with Crippen molar-refractivity contribution in [3.05, 3.63) is 35.1 Å². The van der Waals surface area contributed by atoms with Crippen LogP contribution in [0.5, 0.6) is 0 Å². The number of hydrogen-bond acceptors (Lipinski definition) is 3. The summed E-state index contributed by atoms with van der Waals surface area (Å²) in [4.78, 5) is 14.6. The Morgan fingerprint density at radius 1 is 1.36 bits per heavy atom. The molecule has 0 unspecified atom stereocenters. The first-order chi connectivity index (χ1) is 12.0. The summed E-state index contributed by atoms with van der Waals surface area (Å²) in [7, 11) is 1.74. The van der Waals surface area contributed by atoms with E-state index in [2.05, 4.69) is 0 Å². The van der Waals surface area contributed by atoms with Gasteiger partial charge in [-0.15, -0.1) is 0 Å². The molecule has 0 aliphatic carbocycles. The molecule has 0 radical (unpaired) electrons. The van der Waals surface area contributed by atoms with Crippen LogP contribution in [0, 0.1) is 24.1 Å². The van der Waals surface area contributed by atoms with Gasteiger partial charge in [0, 0.05) is 32.7 Å². The topological polar surface area (TPSA) is 38.8 Å². The summed E-state index contributed by atoms with van der Waals surface area (Å²) in [6, 6.07) is 4.64. The Bertz CT molecular complexity index is 609. The fraction of sp³-hybridized carbons (Fsp3) is 0.650. The fourth-order valence-electron chi connectivity index (χ4n) is 4.30. The minimum Gasteiger partial charge on any atom is -0.384 e. The first-order valence-corrected chi connectivity index (χ1v) is 9.13. The molecule has 2 saturated heterocycles. The van der Waals surface area contributed by atoms with Crippen LogP contribution in [0.1, 0.15) is 30.4 Å². The van der Waals surface area contributed by atoms with Gasteiger partial charge in [-0.2, -0.15) is 0 Å². The zero-order chi connectivity index (χ0) is 17.9. The van der Waals surface area contributed by atoms with Crippen molar-refractivity contribution in [3.63, 3.8) is 0 Å². The number of carbonyl (C=O) groups is 1. The molecule has 2 heterocycles. The average Bonchev–Trinajstić information content (AvgIpc) is 2.60. The maximum absolute atomic E-state index is 13.2. The lowest BCUT2D eigenvalue weighted by atomic mass is 9.66. The third-order valence-electron chi connectivity index (χ3n) is 6.06. The molecule has 1 amide bonds. The normalized spacial score (nSPS) is 23.0. The Labute approximate surface area is 149 Å². The van der Waals surface area contributed by atoms with E-state index in [0.29, 0.717) is 12.3 Å². The maximum Gasteiger partial charge on any atom is 0.226 e. The number of ether oxygens (including phenoxy) is 2. The maximum atomic E-state index is 13.2. The van der Waals surface area contributed by atoms with E-state index in [4.69, 9.17) is 9.47 Å². The van der Waals surface area contributed by atoms with Crippen molar-refractivity contribution in [2.75, 3.05) is 40.0 Å². The van der Waals surface area contributed by atoms with Gasteiger partial charge in [-0.3, -0.25) is 4.79 Å². The summed E-state index contributed by atoms with van der Waals surface area (Å²) in [5.74, 6) is 0.306. The number of likely N-dealkylation sites (tertiary alicyclic amines) is 1. The van der Waals surface area contributed by atoms with Crippen LogP contribution >= 0.6 is 0 Å². The van der Waals surface area contributed by atoms with Gasteiger partial charge in [-0.05, 0) is 54.9 Å². The van der Waals surface area contributed by atoms with Crippen LogP contribution in [0.4, 0.5) is 4.39 Å². The third-order valence-corrected chi connectivity index (χ3v) is 6.06. The molecule has 0 bridgehead atoms. The molecule has 5 heteroatoms. The Kier molecular flexibility index (Phi) is 5.74. The predicted molar refractivity (Wildman–Crippen MR) is 93.9 cm³/mol. The van der Waals surface area contributed by atoms with E-state index in [9.17, 15) is 9.18 Å². The van der Waals surface area contributed by atoms with E-state index >= 15 is 0 Å². The average molecular weight is 349 g/mol. The third kappa shape index (κ3) is 4.04. The van der Waals surface area contributed by atoms with Crippen molar-refractivity contribution in [1.82, 2.24) is 4.90 Å². The zero-order valence-corrected chi connectivity index (χ0v) is 15.2. The van der Waals surface area contributed by atoms with Gasteiger partial charge in [0.25, 0.3) is 0 Å². The number of halogens is 1. The molecular formula is C20H28FNO3. The number of hydrogen-bond donors (Lipinski definition) is 0. The minimum absolute atomic E-state index is 0.139. The first-order valence-electron chi connectivity index (χ1n) is 9.13. The first kappa shape index (κ1) is 18.3. The molecule has 1 aromatic carbocycles. The minimum atomic E-state index is -0.252. The summed E-state index contributed by atoms with van der Waals surface area (Å²) in [5.41, 5.74) is 2.00. The van der Waals surface area contributed by atoms with Gasteiger partial charge in [0.15, 0.2) is 0 Å². The van der Waals surface area contributed by atoms with E-state index in [0.717, 1.165) is 63.3 Å². The molecule has 4 nitrogen and oxygen atoms in total. The Hall–Kier alpha value is -1.46. The zero-order valence-electron chi connectivity index (χ0n) is 15.2. The Morgan fingerprint density at radius 3 is 2.80 bits per heavy atom. The van der Waals surface area contributed by atoms with Crippen LogP contribution in [0.25, 0.3) is 0 Å². The van der Waals surface area contributed by atoms with Gasteiger partial charge < -0.3 is 14.4 Å². The number of aryl methyl sites for hydroxylation is 1. The number of rotatable bonds is 4. The Morgan fingerprint density at radius 2 is 2.12 bits per heavy atom. The van der Waals surface area contributed by atoms with Crippen LogP contribution in [0.15, 0.2) is 18.2 Å². The van der Waals surface area contributed by atoms with Crippen molar-refractivity contribution in [3.8, 4) is 0 Å². The van der Waals surface area contributed by atoms with Gasteiger partial charge in [0.2, 0.25) is 5.91 Å². The predicted octanol–water partition coefficient (Wildman–Crippen LogP) is 2.97. The Balaban J connectivity index is 1.60. The van der Waals surface area contributed by atoms with Crippen molar-refractivity contribution < 1.29 is 18.7 Å². The fourth-order valence-corrected chi connectivity index (χ4v) is 4.30. The second-order valence-electron chi connectivity index (χ2n) is 7.47. The SMILES string of the molecule is COC[C@H]1COCCC12CCN(C(=O)Cc1ccc(F)cc1C)CC2. The van der Waals surface area contributed by atoms with Crippen molar-refractivity contribution >= 4 is 5.91 Å². The van der Waals surface area contributed by atoms with Crippen LogP contribution in [0.3, 0.4) is 0 Å². The molecule has 2 fully saturated rings. The van der Waals surface area contributed by atoms with E-state index in [1.54, 1.807) is 13.2 Å². The summed E-state index contributed by atoms with van der Waals surface area (Å²) in [6.07, 6.45) is 3.43. The molecule has 25 heavy (non-hydrogen) atoms. The van der Waals surface area contributed by atoms with Crippen molar-refractivity contribution in [2.24, 2.45) is 11.3 Å². The standard InChI is InChI=1S/C20H28FNO3/c1-15-11-18(21)4-3-16(15)12-19(23)22-8-5-20(6-9-22)7-10-25-14-17(20)13-24-2/h3-4,11,17H,5-10,12-14H2,1-2H3/t17-/m0/s1. The highest BCUT2D eigenvalue weighted by Gasteiger charge is 2.44. The van der Waals surface area contributed by atoms with Crippen molar-refractivity contribution in [2.45, 2.75) is 32.6 Å². The molecule has 2 aliphatic heterocycles. The van der Waals surface area contributed by atoms with Crippen LogP contribution < -0.4 is 0 Å². The van der Waals surface area contributed by atoms with Gasteiger partial charge in [-0.25, -0.2) is 4.39 Å². The molecule has 138 valence electrons. The lowest BCUT2D eigenvalue weighted by Crippen LogP contribution is -2.50. The van der Waals surface area contributed by atoms with E-state index in [-0.39, 0.29) is 17.1 Å². The molecule has 2 aliphatic rings. The monoisotopic (exact) mass is 349 g/mol.